The Labute approximate surface area is 25.3 Å². The van der Waals surface area contributed by atoms with Crippen molar-refractivity contribution < 1.29 is 15.8 Å². The molecule has 0 aromatic heterocycles. The Morgan fingerprint density at radius 2 is 2.25 bits per heavy atom. The second-order valence-electron chi connectivity index (χ2n) is 0.238. The largest absolute Gasteiger partial charge is 1.00 e. The zero-order valence-electron chi connectivity index (χ0n) is 2.71. The smallest absolute Gasteiger partial charge is 0.567 e. The minimum Gasteiger partial charge on any atom is -0.567 e. The Morgan fingerprint density at radius 1 is 2.25 bits per heavy atom. The molecule has 0 spiro atoms. The van der Waals surface area contributed by atoms with Crippen LogP contribution in [0.2, 0.25) is 0 Å². The van der Waals surface area contributed by atoms with Crippen molar-refractivity contribution in [1.29, 1.82) is 0 Å². The lowest BCUT2D eigenvalue weighted by Gasteiger charge is -1.56. The van der Waals surface area contributed by atoms with Gasteiger partial charge in [0.2, 0.25) is 0 Å². The van der Waals surface area contributed by atoms with E-state index in [0.29, 0.717) is 0 Å². The van der Waals surface area contributed by atoms with Crippen molar-refractivity contribution in [2.75, 3.05) is 0 Å². The first-order valence-corrected chi connectivity index (χ1v) is 1.70. The molecule has 1 unspecified atom stereocenters. The Bertz CT molecular complexity index is 29.9. The Hall–Kier alpha value is 0.0200. The molecule has 0 saturated heterocycles. The lowest BCUT2D eigenvalue weighted by molar-refractivity contribution is -0.180. The SMILES string of the molecule is O=[P+]([O-])O.[H+]. The van der Waals surface area contributed by atoms with Gasteiger partial charge in [0.25, 0.3) is 0 Å². The van der Waals surface area contributed by atoms with Gasteiger partial charge in [-0.25, -0.2) is 0 Å². The minimum absolute atomic E-state index is 0. The summed E-state index contributed by atoms with van der Waals surface area (Å²) in [6.07, 6.45) is 0. The molecule has 1 N–H and O–H groups in total. The highest BCUT2D eigenvalue weighted by atomic mass is 31.1. The number of rotatable bonds is 0. The zero-order valence-corrected chi connectivity index (χ0v) is 2.61. The molecule has 0 aromatic carbocycles. The first-order chi connectivity index (χ1) is 1.73. The van der Waals surface area contributed by atoms with Gasteiger partial charge in [0.1, 0.15) is 0 Å². The predicted molar refractivity (Wildman–Crippen MR) is 10.9 cm³/mol. The third-order valence-electron chi connectivity index (χ3n) is 0. The van der Waals surface area contributed by atoms with Crippen LogP contribution in [-0.4, -0.2) is 4.89 Å². The highest BCUT2D eigenvalue weighted by Gasteiger charge is 1.73. The van der Waals surface area contributed by atoms with Crippen LogP contribution in [0.1, 0.15) is 1.43 Å². The van der Waals surface area contributed by atoms with Gasteiger partial charge in [-0.3, -0.25) is 0 Å². The summed E-state index contributed by atoms with van der Waals surface area (Å²) in [4.78, 5) is 15.6. The van der Waals surface area contributed by atoms with Gasteiger partial charge in [0.15, 0.2) is 0 Å². The molecule has 0 amide bonds. The van der Waals surface area contributed by atoms with Crippen LogP contribution in [0.25, 0.3) is 0 Å². The van der Waals surface area contributed by atoms with Crippen molar-refractivity contribution >= 4 is 8.25 Å². The van der Waals surface area contributed by atoms with Gasteiger partial charge in [-0.1, -0.05) is 0 Å². The molecule has 24 valence electrons. The van der Waals surface area contributed by atoms with Gasteiger partial charge >= 0.3 is 9.68 Å². The van der Waals surface area contributed by atoms with Crippen LogP contribution in [0.15, 0.2) is 0 Å². The molecule has 0 fully saturated rings. The van der Waals surface area contributed by atoms with E-state index in [-0.39, 0.29) is 1.43 Å². The third-order valence-corrected chi connectivity index (χ3v) is 0. The van der Waals surface area contributed by atoms with Crippen molar-refractivity contribution in [2.24, 2.45) is 0 Å². The summed E-state index contributed by atoms with van der Waals surface area (Å²) < 4.78 is 8.59. The molecule has 1 atom stereocenters. The summed E-state index contributed by atoms with van der Waals surface area (Å²) in [5.41, 5.74) is 0. The molecule has 0 heterocycles. The van der Waals surface area contributed by atoms with Crippen LogP contribution < -0.4 is 4.89 Å². The minimum atomic E-state index is -3.12. The van der Waals surface area contributed by atoms with Crippen molar-refractivity contribution in [3.8, 4) is 0 Å². The summed E-state index contributed by atoms with van der Waals surface area (Å²) >= 11 is 0. The number of hydrogen-bond acceptors (Lipinski definition) is 2. The van der Waals surface area contributed by atoms with Crippen molar-refractivity contribution in [1.82, 2.24) is 0 Å². The quantitative estimate of drug-likeness (QED) is 0.385. The summed E-state index contributed by atoms with van der Waals surface area (Å²) in [6, 6.07) is 0. The maximum absolute atomic E-state index is 8.59. The molecule has 0 rings (SSSR count). The van der Waals surface area contributed by atoms with Gasteiger partial charge < -0.3 is 4.89 Å². The molecule has 0 aliphatic heterocycles. The maximum Gasteiger partial charge on any atom is 1.00 e. The monoisotopic (exact) mass is 81.0 g/mol. The summed E-state index contributed by atoms with van der Waals surface area (Å²) in [6.45, 7) is 0. The summed E-state index contributed by atoms with van der Waals surface area (Å²) in [5.74, 6) is 0. The molecule has 0 aliphatic carbocycles. The fourth-order valence-electron chi connectivity index (χ4n) is 0. The van der Waals surface area contributed by atoms with Crippen LogP contribution >= 0.6 is 8.25 Å². The fraction of sp³-hybridized carbons (Fsp3) is 0. The molecule has 0 radical (unpaired) electrons. The van der Waals surface area contributed by atoms with Crippen LogP contribution in [0.3, 0.4) is 0 Å². The van der Waals surface area contributed by atoms with Gasteiger partial charge in [-0.2, -0.15) is 4.89 Å². The first-order valence-electron chi connectivity index (χ1n) is 0.565. The average molecular weight is 81.0 g/mol. The third kappa shape index (κ3) is 5250. The Morgan fingerprint density at radius 3 is 2.25 bits per heavy atom. The second-order valence-corrected chi connectivity index (χ2v) is 0.714. The van der Waals surface area contributed by atoms with E-state index in [1.165, 1.54) is 0 Å². The number of hydrogen-bond donors (Lipinski definition) is 1. The van der Waals surface area contributed by atoms with Crippen molar-refractivity contribution in [2.45, 2.75) is 0 Å². The van der Waals surface area contributed by atoms with Gasteiger partial charge in [-0.15, -0.1) is 0 Å². The van der Waals surface area contributed by atoms with Crippen molar-refractivity contribution in [3.05, 3.63) is 0 Å². The van der Waals surface area contributed by atoms with E-state index in [4.69, 9.17) is 14.4 Å². The molecule has 3 nitrogen and oxygen atoms in total. The zero-order chi connectivity index (χ0) is 3.58. The Balaban J connectivity index is 0. The summed E-state index contributed by atoms with van der Waals surface area (Å²) in [5, 5.41) is 0. The fourth-order valence-corrected chi connectivity index (χ4v) is 0. The first kappa shape index (κ1) is 4.02. The lowest BCUT2D eigenvalue weighted by Crippen LogP contribution is -1.78. The van der Waals surface area contributed by atoms with Crippen molar-refractivity contribution in [3.63, 3.8) is 0 Å². The topological polar surface area (TPSA) is 60.4 Å². The van der Waals surface area contributed by atoms with Gasteiger partial charge in [0, 0.05) is 0 Å². The average Bonchev–Trinajstić information content (AvgIpc) is 0.811. The van der Waals surface area contributed by atoms with Gasteiger partial charge in [0.05, 0.1) is 0 Å². The van der Waals surface area contributed by atoms with Gasteiger partial charge in [-0.05, 0) is 4.57 Å². The van der Waals surface area contributed by atoms with E-state index in [0.717, 1.165) is 0 Å². The van der Waals surface area contributed by atoms with E-state index in [9.17, 15) is 0 Å². The van der Waals surface area contributed by atoms with E-state index >= 15 is 0 Å². The molecule has 0 aromatic rings. The Kier molecular flexibility index (Phi) is 1.36. The molecule has 4 heavy (non-hydrogen) atoms. The normalized spacial score (nSPS) is 11.0. The van der Waals surface area contributed by atoms with Crippen LogP contribution in [0.4, 0.5) is 0 Å². The predicted octanol–water partition coefficient (Wildman–Crippen LogP) is -0.891. The van der Waals surface area contributed by atoms with Crippen LogP contribution in [-0.2, 0) is 4.57 Å². The molecular formula is H2O3P+. The molecular weight excluding hydrogens is 79.0 g/mol. The maximum atomic E-state index is 8.59. The van der Waals surface area contributed by atoms with E-state index in [2.05, 4.69) is 0 Å². The highest BCUT2D eigenvalue weighted by molar-refractivity contribution is 7.29. The van der Waals surface area contributed by atoms with E-state index in [1.807, 2.05) is 0 Å². The second kappa shape index (κ2) is 1.35. The highest BCUT2D eigenvalue weighted by Crippen LogP contribution is 1.89. The van der Waals surface area contributed by atoms with Crippen LogP contribution in [0.5, 0.6) is 0 Å². The summed E-state index contributed by atoms with van der Waals surface area (Å²) in [7, 11) is -3.12. The molecule has 0 saturated carbocycles. The molecule has 4 heteroatoms. The lowest BCUT2D eigenvalue weighted by atomic mass is 15.8. The van der Waals surface area contributed by atoms with E-state index < -0.39 is 8.25 Å². The molecule has 0 aliphatic rings. The van der Waals surface area contributed by atoms with E-state index in [1.54, 1.807) is 0 Å². The molecule has 0 bridgehead atoms. The van der Waals surface area contributed by atoms with Crippen LogP contribution in [0, 0.1) is 0 Å². The standard InChI is InChI=1S/HO3P/c1-4(2)3/h(H,1,2,3)/p+1.